The summed E-state index contributed by atoms with van der Waals surface area (Å²) in [4.78, 5) is 0. The average Bonchev–Trinajstić information content (AvgIpc) is 2.45. The molecule has 1 radical (unpaired) electrons. The molecule has 0 saturated heterocycles. The van der Waals surface area contributed by atoms with E-state index in [-0.39, 0.29) is 5.75 Å². The first-order valence-corrected chi connectivity index (χ1v) is 7.13. The average molecular weight is 267 g/mol. The quantitative estimate of drug-likeness (QED) is 0.755. The molecule has 0 amide bonds. The molecule has 0 aliphatic heterocycles. The van der Waals surface area contributed by atoms with E-state index in [9.17, 15) is 8.78 Å². The van der Waals surface area contributed by atoms with Gasteiger partial charge >= 0.3 is 0 Å². The fourth-order valence-electron chi connectivity index (χ4n) is 2.78. The minimum Gasteiger partial charge on any atom is -0.491 e. The van der Waals surface area contributed by atoms with E-state index in [1.807, 2.05) is 0 Å². The van der Waals surface area contributed by atoms with Crippen LogP contribution in [0.25, 0.3) is 0 Å². The molecule has 1 aliphatic rings. The fraction of sp³-hybridized carbons (Fsp3) is 0.562. The van der Waals surface area contributed by atoms with Crippen LogP contribution in [0.15, 0.2) is 12.1 Å². The van der Waals surface area contributed by atoms with E-state index >= 15 is 0 Å². The minimum atomic E-state index is -0.857. The molecule has 19 heavy (non-hydrogen) atoms. The molecule has 0 unspecified atom stereocenters. The van der Waals surface area contributed by atoms with Gasteiger partial charge in [-0.25, -0.2) is 4.39 Å². The number of hydrogen-bond donors (Lipinski definition) is 0. The van der Waals surface area contributed by atoms with E-state index in [2.05, 4.69) is 6.92 Å². The minimum absolute atomic E-state index is 0.00611. The third-order valence-electron chi connectivity index (χ3n) is 4.01. The van der Waals surface area contributed by atoms with Crippen LogP contribution in [0.3, 0.4) is 0 Å². The Morgan fingerprint density at radius 2 is 1.79 bits per heavy atom. The maximum atomic E-state index is 14.1. The molecule has 0 atom stereocenters. The molecule has 1 nitrogen and oxygen atoms in total. The molecule has 1 aromatic carbocycles. The first-order chi connectivity index (χ1) is 9.17. The van der Waals surface area contributed by atoms with Crippen molar-refractivity contribution in [1.29, 1.82) is 0 Å². The topological polar surface area (TPSA) is 9.23 Å². The molecule has 0 heterocycles. The van der Waals surface area contributed by atoms with Crippen molar-refractivity contribution in [3.63, 3.8) is 0 Å². The van der Waals surface area contributed by atoms with Crippen LogP contribution in [-0.2, 0) is 0 Å². The predicted octanol–water partition coefficient (Wildman–Crippen LogP) is 4.89. The summed E-state index contributed by atoms with van der Waals surface area (Å²) in [5, 5.41) is 0. The Hall–Kier alpha value is -1.12. The number of rotatable bonds is 4. The number of ether oxygens (including phenoxy) is 1. The highest BCUT2D eigenvalue weighted by atomic mass is 19.2. The third-order valence-corrected chi connectivity index (χ3v) is 4.01. The second kappa shape index (κ2) is 6.36. The Kier molecular flexibility index (Phi) is 4.78. The molecule has 105 valence electrons. The van der Waals surface area contributed by atoms with Gasteiger partial charge in [-0.05, 0) is 50.2 Å². The van der Waals surface area contributed by atoms with Gasteiger partial charge in [-0.1, -0.05) is 19.4 Å². The maximum absolute atomic E-state index is 14.1. The summed E-state index contributed by atoms with van der Waals surface area (Å²) in [6.45, 7) is 4.28. The second-order valence-electron chi connectivity index (χ2n) is 5.13. The van der Waals surface area contributed by atoms with Gasteiger partial charge in [0.05, 0.1) is 6.61 Å². The van der Waals surface area contributed by atoms with E-state index < -0.39 is 11.6 Å². The third kappa shape index (κ3) is 3.07. The lowest BCUT2D eigenvalue weighted by molar-refractivity contribution is 0.312. The van der Waals surface area contributed by atoms with Crippen molar-refractivity contribution in [2.75, 3.05) is 6.61 Å². The van der Waals surface area contributed by atoms with Crippen LogP contribution in [0.2, 0.25) is 0 Å². The highest BCUT2D eigenvalue weighted by Crippen LogP contribution is 2.38. The van der Waals surface area contributed by atoms with Crippen molar-refractivity contribution >= 4 is 0 Å². The van der Waals surface area contributed by atoms with Crippen molar-refractivity contribution in [3.05, 3.63) is 35.2 Å². The molecule has 2 rings (SSSR count). The Morgan fingerprint density at radius 1 is 1.11 bits per heavy atom. The zero-order valence-electron chi connectivity index (χ0n) is 11.6. The lowest BCUT2D eigenvalue weighted by Crippen LogP contribution is -2.15. The van der Waals surface area contributed by atoms with Crippen molar-refractivity contribution < 1.29 is 13.5 Å². The smallest absolute Gasteiger partial charge is 0.200 e. The van der Waals surface area contributed by atoms with Gasteiger partial charge in [0.1, 0.15) is 0 Å². The molecule has 1 saturated carbocycles. The van der Waals surface area contributed by atoms with E-state index in [0.717, 1.165) is 37.5 Å². The highest BCUT2D eigenvalue weighted by Gasteiger charge is 2.26. The first-order valence-electron chi connectivity index (χ1n) is 7.13. The molecule has 0 spiro atoms. The second-order valence-corrected chi connectivity index (χ2v) is 5.13. The summed E-state index contributed by atoms with van der Waals surface area (Å²) in [7, 11) is 0. The van der Waals surface area contributed by atoms with Crippen molar-refractivity contribution in [1.82, 2.24) is 0 Å². The van der Waals surface area contributed by atoms with Crippen LogP contribution < -0.4 is 4.74 Å². The van der Waals surface area contributed by atoms with Gasteiger partial charge < -0.3 is 4.74 Å². The van der Waals surface area contributed by atoms with Gasteiger partial charge in [0.2, 0.25) is 5.82 Å². The summed E-state index contributed by atoms with van der Waals surface area (Å²) >= 11 is 0. The first kappa shape index (κ1) is 14.3. The van der Waals surface area contributed by atoms with E-state index in [1.165, 1.54) is 12.5 Å². The van der Waals surface area contributed by atoms with Crippen LogP contribution in [0.1, 0.15) is 51.5 Å². The molecular formula is C16H21F2O. The SMILES string of the molecule is CCOc1ccc([C]2CCC(CC)CC2)c(F)c1F. The van der Waals surface area contributed by atoms with Crippen molar-refractivity contribution in [2.24, 2.45) is 5.92 Å². The Labute approximate surface area is 114 Å². The summed E-state index contributed by atoms with van der Waals surface area (Å²) < 4.78 is 33.0. The summed E-state index contributed by atoms with van der Waals surface area (Å²) in [6, 6.07) is 3.20. The number of halogens is 2. The van der Waals surface area contributed by atoms with Crippen LogP contribution in [0, 0.1) is 23.5 Å². The normalized spacial score (nSPS) is 17.7. The van der Waals surface area contributed by atoms with Crippen LogP contribution in [0.4, 0.5) is 8.78 Å². The van der Waals surface area contributed by atoms with E-state index in [4.69, 9.17) is 4.74 Å². The molecule has 1 fully saturated rings. The van der Waals surface area contributed by atoms with E-state index in [1.54, 1.807) is 13.0 Å². The lowest BCUT2D eigenvalue weighted by atomic mass is 9.77. The largest absolute Gasteiger partial charge is 0.491 e. The van der Waals surface area contributed by atoms with Crippen molar-refractivity contribution in [2.45, 2.75) is 46.0 Å². The number of hydrogen-bond acceptors (Lipinski definition) is 1. The Morgan fingerprint density at radius 3 is 2.37 bits per heavy atom. The van der Waals surface area contributed by atoms with Gasteiger partial charge in [0, 0.05) is 5.92 Å². The maximum Gasteiger partial charge on any atom is 0.200 e. The summed E-state index contributed by atoms with van der Waals surface area (Å²) in [5.74, 6) is 0.176. The van der Waals surface area contributed by atoms with Crippen LogP contribution in [0.5, 0.6) is 5.75 Å². The summed E-state index contributed by atoms with van der Waals surface area (Å²) in [5.41, 5.74) is 0.440. The number of benzene rings is 1. The summed E-state index contributed by atoms with van der Waals surface area (Å²) in [6.07, 6.45) is 5.10. The van der Waals surface area contributed by atoms with Crippen LogP contribution >= 0.6 is 0 Å². The Bertz CT molecular complexity index is 423. The van der Waals surface area contributed by atoms with E-state index in [0.29, 0.717) is 12.2 Å². The zero-order valence-corrected chi connectivity index (χ0v) is 11.6. The molecule has 0 bridgehead atoms. The fourth-order valence-corrected chi connectivity index (χ4v) is 2.78. The van der Waals surface area contributed by atoms with Gasteiger partial charge in [-0.3, -0.25) is 0 Å². The molecule has 1 aromatic rings. The molecule has 3 heteroatoms. The van der Waals surface area contributed by atoms with Gasteiger partial charge in [-0.2, -0.15) is 4.39 Å². The molecule has 1 aliphatic carbocycles. The zero-order chi connectivity index (χ0) is 13.8. The standard InChI is InChI=1S/C16H21F2O/c1-3-11-5-7-12(8-6-11)13-9-10-14(19-4-2)16(18)15(13)17/h9-11H,3-8H2,1-2H3. The van der Waals surface area contributed by atoms with Crippen LogP contribution in [-0.4, -0.2) is 6.61 Å². The van der Waals surface area contributed by atoms with Gasteiger partial charge in [0.15, 0.2) is 11.6 Å². The molecular weight excluding hydrogens is 246 g/mol. The molecule has 0 aromatic heterocycles. The lowest BCUT2D eigenvalue weighted by Gasteiger charge is -2.28. The Balaban J connectivity index is 2.15. The van der Waals surface area contributed by atoms with Gasteiger partial charge in [0.25, 0.3) is 0 Å². The van der Waals surface area contributed by atoms with Gasteiger partial charge in [-0.15, -0.1) is 0 Å². The highest BCUT2D eigenvalue weighted by molar-refractivity contribution is 5.39. The van der Waals surface area contributed by atoms with Crippen molar-refractivity contribution in [3.8, 4) is 5.75 Å². The molecule has 0 N–H and O–H groups in total. The monoisotopic (exact) mass is 267 g/mol. The predicted molar refractivity (Wildman–Crippen MR) is 72.1 cm³/mol.